The quantitative estimate of drug-likeness (QED) is 0.0355. The molecular weight excluding hydrogens is 1130 g/mol. The van der Waals surface area contributed by atoms with Gasteiger partial charge in [0.1, 0.15) is 0 Å². The summed E-state index contributed by atoms with van der Waals surface area (Å²) in [5.41, 5.74) is -2.05. The molecule has 0 saturated carbocycles. The smallest absolute Gasteiger partial charge is 0.455 e. The van der Waals surface area contributed by atoms with E-state index in [0.29, 0.717) is 0 Å². The Bertz CT molecular complexity index is 1460. The molecule has 2 unspecified atom stereocenters. The van der Waals surface area contributed by atoms with Crippen molar-refractivity contribution in [3.05, 3.63) is 12.2 Å². The number of hydrogen-bond donors (Lipinski definition) is 0. The molecule has 0 aliphatic rings. The lowest BCUT2D eigenvalue weighted by Gasteiger charge is -2.49. The molecule has 0 spiro atoms. The van der Waals surface area contributed by atoms with Gasteiger partial charge in [-0.3, -0.25) is 0 Å². The van der Waals surface area contributed by atoms with E-state index in [-0.39, 0.29) is 12.8 Å². The van der Waals surface area contributed by atoms with E-state index in [1.165, 1.54) is 0 Å². The van der Waals surface area contributed by atoms with Crippen LogP contribution in [0.25, 0.3) is 0 Å². The first-order valence-corrected chi connectivity index (χ1v) is 65.9. The first kappa shape index (κ1) is 71.2. The van der Waals surface area contributed by atoms with Crippen LogP contribution in [-0.2, 0) is 68.4 Å². The zero-order valence-electron chi connectivity index (χ0n) is 50.3. The largest absolute Gasteiger partial charge is 0.640 e. The lowest BCUT2D eigenvalue weighted by atomic mass is 10.4. The molecule has 16 nitrogen and oxygen atoms in total. The normalized spacial score (nSPS) is 16.2. The molecule has 0 rings (SSSR count). The lowest BCUT2D eigenvalue weighted by Crippen LogP contribution is -2.73. The summed E-state index contributed by atoms with van der Waals surface area (Å²) in [6, 6.07) is 0. The van der Waals surface area contributed by atoms with Crippen molar-refractivity contribution in [1.82, 2.24) is 0 Å². The second-order valence-electron chi connectivity index (χ2n) is 27.6. The zero-order valence-corrected chi connectivity index (χ0v) is 64.3. The molecule has 0 amide bonds. The number of carbonyl (C=O) groups is 2. The van der Waals surface area contributed by atoms with Gasteiger partial charge in [0.25, 0.3) is 0 Å². The Labute approximate surface area is 442 Å². The molecule has 0 radical (unpaired) electrons. The van der Waals surface area contributed by atoms with Crippen molar-refractivity contribution in [3.63, 3.8) is 0 Å². The van der Waals surface area contributed by atoms with Crippen LogP contribution in [0.3, 0.4) is 0 Å². The van der Waals surface area contributed by atoms with E-state index in [4.69, 9.17) is 58.9 Å². The minimum absolute atomic E-state index is 0.262. The summed E-state index contributed by atoms with van der Waals surface area (Å²) in [5.74, 6) is -1.63. The maximum Gasteiger partial charge on any atom is 0.640 e. The summed E-state index contributed by atoms with van der Waals surface area (Å²) in [7, 11) is -41.7. The number of esters is 2. The van der Waals surface area contributed by atoms with Gasteiger partial charge >= 0.3 is 47.6 Å². The third-order valence-corrected chi connectivity index (χ3v) is 49.3. The fourth-order valence-electron chi connectivity index (χ4n) is 6.38. The van der Waals surface area contributed by atoms with E-state index >= 15 is 0 Å². The molecule has 0 saturated heterocycles. The van der Waals surface area contributed by atoms with Gasteiger partial charge in [0.2, 0.25) is 0 Å². The highest BCUT2D eigenvalue weighted by Crippen LogP contribution is 2.38. The minimum atomic E-state index is -4.20. The lowest BCUT2D eigenvalue weighted by molar-refractivity contribution is -0.144. The maximum absolute atomic E-state index is 14.3. The molecule has 416 valence electrons. The Hall–Kier alpha value is 1.24. The molecule has 0 aliphatic carbocycles. The average Bonchev–Trinajstić information content (AvgIpc) is 2.95. The van der Waals surface area contributed by atoms with Crippen molar-refractivity contribution < 1.29 is 68.4 Å². The van der Waals surface area contributed by atoms with Gasteiger partial charge in [0.05, 0.1) is 0 Å². The number of carbonyl (C=O) groups excluding carboxylic acids is 2. The predicted molar refractivity (Wildman–Crippen MR) is 319 cm³/mol. The van der Waals surface area contributed by atoms with Gasteiger partial charge in [0.15, 0.2) is 94.6 Å². The Morgan fingerprint density at radius 1 is 0.286 bits per heavy atom. The van der Waals surface area contributed by atoms with Gasteiger partial charge in [0, 0.05) is 12.2 Å². The van der Waals surface area contributed by atoms with Crippen LogP contribution < -0.4 is 0 Å². The second kappa shape index (κ2) is 25.4. The Balaban J connectivity index is 7.99. The van der Waals surface area contributed by atoms with Gasteiger partial charge in [-0.15, -0.1) is 0 Å². The van der Waals surface area contributed by atoms with Crippen molar-refractivity contribution in [3.8, 4) is 0 Å². The van der Waals surface area contributed by atoms with E-state index in [9.17, 15) is 9.59 Å². The fraction of sp³-hybridized carbons (Fsp3) is 0.900. The molecule has 0 aromatic heterocycles. The molecule has 0 fully saturated rings. The van der Waals surface area contributed by atoms with Crippen LogP contribution in [0, 0.1) is 0 Å². The van der Waals surface area contributed by atoms with E-state index in [1.807, 2.05) is 92.4 Å². The summed E-state index contributed by atoms with van der Waals surface area (Å²) in [6.07, 6.45) is 2.66. The van der Waals surface area contributed by atoms with Crippen LogP contribution in [0.1, 0.15) is 26.7 Å². The van der Waals surface area contributed by atoms with Gasteiger partial charge in [-0.2, -0.15) is 0 Å². The third kappa shape index (κ3) is 30.8. The van der Waals surface area contributed by atoms with E-state index in [0.717, 1.165) is 12.2 Å². The first-order valence-electron chi connectivity index (χ1n) is 24.9. The molecule has 0 aliphatic heterocycles. The molecule has 2 atom stereocenters. The predicted octanol–water partition coefficient (Wildman–Crippen LogP) is 12.6. The van der Waals surface area contributed by atoms with Crippen LogP contribution >= 0.6 is 0 Å². The van der Waals surface area contributed by atoms with Gasteiger partial charge < -0.3 is 58.9 Å². The molecule has 0 N–H and O–H groups in total. The van der Waals surface area contributed by atoms with Crippen molar-refractivity contribution >= 4 is 131 Å². The van der Waals surface area contributed by atoms with Crippen LogP contribution in [-0.4, -0.2) is 142 Å². The van der Waals surface area contributed by atoms with Crippen molar-refractivity contribution in [2.24, 2.45) is 0 Å². The first-order chi connectivity index (χ1) is 30.4. The average molecular weight is 1230 g/mol. The summed E-state index contributed by atoms with van der Waals surface area (Å²) >= 11 is 0. The molecule has 0 heterocycles. The highest BCUT2D eigenvalue weighted by atomic mass is 28.6. The Kier molecular flexibility index (Phi) is 25.8. The number of ether oxygens (including phenoxy) is 2. The summed E-state index contributed by atoms with van der Waals surface area (Å²) in [6.45, 7) is 65.6. The van der Waals surface area contributed by atoms with Crippen LogP contribution in [0.4, 0.5) is 0 Å². The van der Waals surface area contributed by atoms with Crippen LogP contribution in [0.15, 0.2) is 12.2 Å². The topological polar surface area (TPSA) is 163 Å². The van der Waals surface area contributed by atoms with Crippen molar-refractivity contribution in [2.75, 3.05) is 0 Å². The highest BCUT2D eigenvalue weighted by molar-refractivity contribution is 6.95. The molecule has 30 heteroatoms. The molecule has 0 bridgehead atoms. The second-order valence-corrected chi connectivity index (χ2v) is 85.3. The van der Waals surface area contributed by atoms with E-state index in [1.54, 1.807) is 0 Å². The summed E-state index contributed by atoms with van der Waals surface area (Å²) < 4.78 is 98.3. The van der Waals surface area contributed by atoms with Gasteiger partial charge in [-0.1, -0.05) is 13.8 Å². The van der Waals surface area contributed by atoms with Gasteiger partial charge in [-0.05, 0) is 209 Å². The zero-order chi connectivity index (χ0) is 56.0. The van der Waals surface area contributed by atoms with Crippen LogP contribution in [0.5, 0.6) is 0 Å². The van der Waals surface area contributed by atoms with Crippen LogP contribution in [0.2, 0.25) is 196 Å². The Morgan fingerprint density at radius 2 is 0.443 bits per heavy atom. The number of hydrogen-bond acceptors (Lipinski definition) is 16. The monoisotopic (exact) mass is 1230 g/mol. The maximum atomic E-state index is 14.3. The fourth-order valence-corrected chi connectivity index (χ4v) is 55.3. The molecule has 0 aromatic rings. The molecule has 0 aromatic carbocycles. The minimum Gasteiger partial charge on any atom is -0.455 e. The molecular formula is C40H104O16Si14. The van der Waals surface area contributed by atoms with Crippen molar-refractivity contribution in [2.45, 2.75) is 235 Å². The number of rotatable bonds is 32. The van der Waals surface area contributed by atoms with Gasteiger partial charge in [-0.25, -0.2) is 9.59 Å². The Morgan fingerprint density at radius 3 is 0.571 bits per heavy atom. The molecule has 70 heavy (non-hydrogen) atoms. The van der Waals surface area contributed by atoms with E-state index < -0.39 is 142 Å². The third-order valence-electron chi connectivity index (χ3n) is 7.32. The van der Waals surface area contributed by atoms with E-state index in [2.05, 4.69) is 118 Å². The summed E-state index contributed by atoms with van der Waals surface area (Å²) in [5, 5.41) is 0. The highest BCUT2D eigenvalue weighted by Gasteiger charge is 2.68. The summed E-state index contributed by atoms with van der Waals surface area (Å²) in [4.78, 5) is 28.5. The van der Waals surface area contributed by atoms with Crippen molar-refractivity contribution in [1.29, 1.82) is 0 Å². The SMILES string of the molecule is CCC(OC(=O)/C=C/C(=O)OC(CC)[Si](O[Si](C)(C)C)(O[Si](C)(C)C)O[Si](O[Si](C)(C)C)(O[Si](C)(C)C)O[Si](C)(C)C)[Si](O[Si](C)(C)C)(O[Si](C)(C)C)O[Si](O[Si](C)(C)C)(O[Si](C)(C)C)O[Si](C)(C)C. The standard InChI is InChI=1S/C40H104O16Si14/c1-33-39(67(45-57(3,4)5,46-58(6,7)8)55-69(49-61(15,16)17,50-62(18,19)20)51-63(21,22)23)43-37(41)35-36-38(42)44-40(34-2)68(47-59(9,10)11,48-60(12,13)14)56-70(52-64(24,25)26,53-65(27,28)29)54-66(30,31)32/h35-36,39-40H,33-34H2,1-32H3/b36-35+.